The molecule has 2 aliphatic carbocycles. The molecule has 0 atom stereocenters. The Morgan fingerprint density at radius 3 is 2.70 bits per heavy atom. The van der Waals surface area contributed by atoms with Crippen LogP contribution < -0.4 is 5.32 Å². The Bertz CT molecular complexity index is 523. The maximum absolute atomic E-state index is 12.2. The van der Waals surface area contributed by atoms with Crippen LogP contribution in [-0.4, -0.2) is 39.6 Å². The molecule has 1 heterocycles. The first kappa shape index (κ1) is 13.4. The molecular formula is C13H17N3O3S. The Morgan fingerprint density at radius 1 is 1.40 bits per heavy atom. The Kier molecular flexibility index (Phi) is 3.60. The molecule has 2 aliphatic rings. The molecule has 2 saturated carbocycles. The third-order valence-corrected chi connectivity index (χ3v) is 4.41. The lowest BCUT2D eigenvalue weighted by Gasteiger charge is -2.22. The van der Waals surface area contributed by atoms with E-state index in [2.05, 4.69) is 10.3 Å². The molecular weight excluding hydrogens is 278 g/mol. The molecule has 7 heteroatoms. The number of carboxylic acids is 1. The third-order valence-electron chi connectivity index (χ3n) is 3.56. The van der Waals surface area contributed by atoms with E-state index in [1.165, 1.54) is 29.6 Å². The van der Waals surface area contributed by atoms with E-state index in [9.17, 15) is 9.59 Å². The van der Waals surface area contributed by atoms with Gasteiger partial charge in [-0.2, -0.15) is 0 Å². The highest BCUT2D eigenvalue weighted by molar-refractivity contribution is 7.09. The summed E-state index contributed by atoms with van der Waals surface area (Å²) < 4.78 is 0. The van der Waals surface area contributed by atoms with Gasteiger partial charge in [-0.05, 0) is 31.6 Å². The molecule has 1 aromatic rings. The van der Waals surface area contributed by atoms with Crippen LogP contribution in [0.25, 0.3) is 0 Å². The number of urea groups is 1. The number of rotatable bonds is 6. The predicted molar refractivity (Wildman–Crippen MR) is 73.8 cm³/mol. The maximum atomic E-state index is 12.2. The summed E-state index contributed by atoms with van der Waals surface area (Å²) in [5, 5.41) is 13.8. The van der Waals surface area contributed by atoms with Crippen molar-refractivity contribution in [3.8, 4) is 0 Å². The molecule has 0 unspecified atom stereocenters. The Hall–Kier alpha value is -1.63. The molecule has 0 spiro atoms. The van der Waals surface area contributed by atoms with Gasteiger partial charge in [0.1, 0.15) is 5.01 Å². The number of aromatic carboxylic acids is 1. The van der Waals surface area contributed by atoms with Crippen molar-refractivity contribution in [1.29, 1.82) is 0 Å². The van der Waals surface area contributed by atoms with Crippen LogP contribution in [0.4, 0.5) is 4.79 Å². The van der Waals surface area contributed by atoms with Gasteiger partial charge in [0.15, 0.2) is 5.69 Å². The van der Waals surface area contributed by atoms with E-state index < -0.39 is 5.97 Å². The summed E-state index contributed by atoms with van der Waals surface area (Å²) in [5.41, 5.74) is 0.0382. The van der Waals surface area contributed by atoms with E-state index in [-0.39, 0.29) is 11.7 Å². The van der Waals surface area contributed by atoms with Crippen LogP contribution in [0.2, 0.25) is 0 Å². The van der Waals surface area contributed by atoms with Gasteiger partial charge in [-0.1, -0.05) is 0 Å². The van der Waals surface area contributed by atoms with Crippen LogP contribution in [0.15, 0.2) is 5.38 Å². The smallest absolute Gasteiger partial charge is 0.355 e. The minimum absolute atomic E-state index is 0.0382. The summed E-state index contributed by atoms with van der Waals surface area (Å²) in [7, 11) is 0. The molecule has 2 N–H and O–H groups in total. The summed E-state index contributed by atoms with van der Waals surface area (Å²) in [5.74, 6) is -0.355. The second kappa shape index (κ2) is 5.40. The van der Waals surface area contributed by atoms with E-state index in [1.54, 1.807) is 0 Å². The molecule has 3 rings (SSSR count). The van der Waals surface area contributed by atoms with E-state index in [1.807, 2.05) is 4.90 Å². The Morgan fingerprint density at radius 2 is 2.15 bits per heavy atom. The Labute approximate surface area is 120 Å². The maximum Gasteiger partial charge on any atom is 0.355 e. The zero-order chi connectivity index (χ0) is 14.1. The Balaban J connectivity index is 1.52. The number of hydrogen-bond acceptors (Lipinski definition) is 4. The number of carboxylic acid groups (broad SMARTS) is 1. The fourth-order valence-electron chi connectivity index (χ4n) is 2.11. The van der Waals surface area contributed by atoms with Crippen LogP contribution >= 0.6 is 11.3 Å². The van der Waals surface area contributed by atoms with Crippen molar-refractivity contribution in [2.75, 3.05) is 6.54 Å². The highest BCUT2D eigenvalue weighted by Gasteiger charge is 2.36. The monoisotopic (exact) mass is 295 g/mol. The van der Waals surface area contributed by atoms with Crippen LogP contribution in [0.5, 0.6) is 0 Å². The molecule has 1 aromatic heterocycles. The van der Waals surface area contributed by atoms with Crippen molar-refractivity contribution in [3.63, 3.8) is 0 Å². The van der Waals surface area contributed by atoms with Gasteiger partial charge in [-0.15, -0.1) is 11.3 Å². The number of aromatic nitrogens is 1. The van der Waals surface area contributed by atoms with Crippen molar-refractivity contribution in [1.82, 2.24) is 15.2 Å². The number of nitrogens with one attached hydrogen (secondary N) is 1. The summed E-state index contributed by atoms with van der Waals surface area (Å²) in [4.78, 5) is 28.8. The first-order chi connectivity index (χ1) is 9.63. The number of nitrogens with zero attached hydrogens (tertiary/aromatic N) is 2. The topological polar surface area (TPSA) is 82.5 Å². The minimum atomic E-state index is -1.04. The second-order valence-electron chi connectivity index (χ2n) is 5.42. The van der Waals surface area contributed by atoms with Gasteiger partial charge in [-0.25, -0.2) is 14.6 Å². The molecule has 6 nitrogen and oxygen atoms in total. The average molecular weight is 295 g/mol. The molecule has 108 valence electrons. The molecule has 0 bridgehead atoms. The van der Waals surface area contributed by atoms with Gasteiger partial charge in [0, 0.05) is 18.0 Å². The largest absolute Gasteiger partial charge is 0.476 e. The van der Waals surface area contributed by atoms with Crippen LogP contribution in [0.1, 0.15) is 41.2 Å². The van der Waals surface area contributed by atoms with Crippen LogP contribution in [-0.2, 0) is 6.54 Å². The summed E-state index contributed by atoms with van der Waals surface area (Å²) in [6.45, 7) is 1.15. The number of carbonyl (C=O) groups is 2. The van der Waals surface area contributed by atoms with E-state index in [0.717, 1.165) is 19.4 Å². The zero-order valence-corrected chi connectivity index (χ0v) is 11.9. The number of amides is 2. The first-order valence-electron chi connectivity index (χ1n) is 6.85. The SMILES string of the molecule is O=C(O)c1csc(CNC(=O)N(CC2CC2)C2CC2)n1. The normalized spacial score (nSPS) is 17.8. The van der Waals surface area contributed by atoms with Gasteiger partial charge in [0.2, 0.25) is 0 Å². The van der Waals surface area contributed by atoms with E-state index in [0.29, 0.717) is 23.5 Å². The van der Waals surface area contributed by atoms with Crippen molar-refractivity contribution in [2.45, 2.75) is 38.3 Å². The highest BCUT2D eigenvalue weighted by atomic mass is 32.1. The molecule has 0 radical (unpaired) electrons. The van der Waals surface area contributed by atoms with Crippen molar-refractivity contribution >= 4 is 23.3 Å². The molecule has 2 amide bonds. The van der Waals surface area contributed by atoms with Gasteiger partial charge < -0.3 is 15.3 Å². The fraction of sp³-hybridized carbons (Fsp3) is 0.615. The lowest BCUT2D eigenvalue weighted by atomic mass is 10.3. The van der Waals surface area contributed by atoms with Crippen LogP contribution in [0.3, 0.4) is 0 Å². The lowest BCUT2D eigenvalue weighted by Crippen LogP contribution is -2.42. The highest BCUT2D eigenvalue weighted by Crippen LogP contribution is 2.34. The zero-order valence-electron chi connectivity index (χ0n) is 11.0. The average Bonchev–Trinajstić information content (AvgIpc) is 3.32. The van der Waals surface area contributed by atoms with Crippen LogP contribution in [0, 0.1) is 5.92 Å². The fourth-order valence-corrected chi connectivity index (χ4v) is 2.81. The molecule has 20 heavy (non-hydrogen) atoms. The third kappa shape index (κ3) is 3.27. The van der Waals surface area contributed by atoms with Gasteiger partial charge in [0.25, 0.3) is 0 Å². The number of carbonyl (C=O) groups excluding carboxylic acids is 1. The molecule has 2 fully saturated rings. The van der Waals surface area contributed by atoms with Crippen molar-refractivity contribution in [2.24, 2.45) is 5.92 Å². The molecule has 0 aromatic carbocycles. The summed E-state index contributed by atoms with van der Waals surface area (Å²) >= 11 is 1.26. The van der Waals surface area contributed by atoms with Crippen molar-refractivity contribution < 1.29 is 14.7 Å². The number of thiazole rings is 1. The number of hydrogen-bond donors (Lipinski definition) is 2. The quantitative estimate of drug-likeness (QED) is 0.840. The van der Waals surface area contributed by atoms with E-state index >= 15 is 0 Å². The van der Waals surface area contributed by atoms with Gasteiger partial charge in [-0.3, -0.25) is 0 Å². The second-order valence-corrected chi connectivity index (χ2v) is 6.36. The summed E-state index contributed by atoms with van der Waals surface area (Å²) in [6.07, 6.45) is 4.65. The minimum Gasteiger partial charge on any atom is -0.476 e. The lowest BCUT2D eigenvalue weighted by molar-refractivity contribution is 0.0691. The van der Waals surface area contributed by atoms with Gasteiger partial charge >= 0.3 is 12.0 Å². The predicted octanol–water partition coefficient (Wildman–Crippen LogP) is 1.93. The first-order valence-corrected chi connectivity index (χ1v) is 7.73. The molecule has 0 saturated heterocycles. The van der Waals surface area contributed by atoms with E-state index in [4.69, 9.17) is 5.11 Å². The van der Waals surface area contributed by atoms with Gasteiger partial charge in [0.05, 0.1) is 6.54 Å². The summed E-state index contributed by atoms with van der Waals surface area (Å²) in [6, 6.07) is 0.355. The standard InChI is InChI=1S/C13H17N3O3S/c17-12(18)10-7-20-11(15-10)5-14-13(19)16(9-3-4-9)6-8-1-2-8/h7-9H,1-6H2,(H,14,19)(H,17,18). The van der Waals surface area contributed by atoms with Crippen molar-refractivity contribution in [3.05, 3.63) is 16.1 Å². The molecule has 0 aliphatic heterocycles.